The first-order valence-electron chi connectivity index (χ1n) is 9.38. The lowest BCUT2D eigenvalue weighted by atomic mass is 9.85. The van der Waals surface area contributed by atoms with Crippen LogP contribution in [0.4, 0.5) is 14.9 Å². The molecule has 1 fully saturated rings. The number of carbonyl (C=O) groups excluding carboxylic acids is 5. The van der Waals surface area contributed by atoms with Gasteiger partial charge >= 0.3 is 12.0 Å². The summed E-state index contributed by atoms with van der Waals surface area (Å²) >= 11 is 0. The van der Waals surface area contributed by atoms with E-state index in [-0.39, 0.29) is 42.3 Å². The molecule has 0 unspecified atom stereocenters. The number of nitrogens with zero attached hydrogens (tertiary/aromatic N) is 1. The van der Waals surface area contributed by atoms with E-state index in [1.54, 1.807) is 0 Å². The molecule has 0 aromatic heterocycles. The van der Waals surface area contributed by atoms with Gasteiger partial charge in [0.25, 0.3) is 5.91 Å². The molecule has 1 aromatic rings. The molecule has 158 valence electrons. The first-order chi connectivity index (χ1) is 14.4. The van der Waals surface area contributed by atoms with Crippen molar-refractivity contribution in [3.8, 4) is 0 Å². The summed E-state index contributed by atoms with van der Waals surface area (Å²) in [5.74, 6) is -3.74. The van der Waals surface area contributed by atoms with E-state index in [1.165, 1.54) is 18.2 Å². The predicted molar refractivity (Wildman–Crippen MR) is 101 cm³/mol. The molecule has 0 radical (unpaired) electrons. The molecule has 1 aromatic carbocycles. The van der Waals surface area contributed by atoms with Crippen molar-refractivity contribution in [2.75, 3.05) is 18.5 Å². The third kappa shape index (κ3) is 4.88. The summed E-state index contributed by atoms with van der Waals surface area (Å²) < 4.78 is 18.2. The highest BCUT2D eigenvalue weighted by molar-refractivity contribution is 6.05. The lowest BCUT2D eigenvalue weighted by Gasteiger charge is -2.14. The van der Waals surface area contributed by atoms with Crippen molar-refractivity contribution >= 4 is 35.4 Å². The smallest absolute Gasteiger partial charge is 0.326 e. The second-order valence-electron chi connectivity index (χ2n) is 6.88. The summed E-state index contributed by atoms with van der Waals surface area (Å²) in [5, 5.41) is 4.05. The molecule has 1 aliphatic carbocycles. The summed E-state index contributed by atoms with van der Waals surface area (Å²) in [4.78, 5) is 60.9. The lowest BCUT2D eigenvalue weighted by molar-refractivity contribution is -0.149. The van der Waals surface area contributed by atoms with Crippen LogP contribution in [-0.2, 0) is 23.9 Å². The number of rotatable bonds is 6. The normalized spacial score (nSPS) is 20.0. The van der Waals surface area contributed by atoms with Crippen LogP contribution in [0, 0.1) is 17.7 Å². The number of fused-ring (bicyclic) bond motifs is 1. The summed E-state index contributed by atoms with van der Waals surface area (Å²) in [5.41, 5.74) is -0.115. The minimum atomic E-state index is -0.981. The van der Waals surface area contributed by atoms with Gasteiger partial charge in [0.1, 0.15) is 5.82 Å². The largest absolute Gasteiger partial charge is 0.456 e. The van der Waals surface area contributed by atoms with Crippen LogP contribution in [-0.4, -0.2) is 47.8 Å². The minimum absolute atomic E-state index is 0.115. The summed E-state index contributed by atoms with van der Waals surface area (Å²) in [6, 6.07) is 4.42. The van der Waals surface area contributed by atoms with E-state index in [0.29, 0.717) is 12.8 Å². The van der Waals surface area contributed by atoms with E-state index in [0.717, 1.165) is 11.0 Å². The lowest BCUT2D eigenvalue weighted by Crippen LogP contribution is -2.38. The molecule has 3 rings (SSSR count). The van der Waals surface area contributed by atoms with Gasteiger partial charge in [-0.25, -0.2) is 9.18 Å². The van der Waals surface area contributed by atoms with E-state index < -0.39 is 30.3 Å². The van der Waals surface area contributed by atoms with Crippen molar-refractivity contribution in [2.24, 2.45) is 11.8 Å². The number of hydrogen-bond donors (Lipinski definition) is 2. The number of urea groups is 1. The highest BCUT2D eigenvalue weighted by Gasteiger charge is 2.46. The quantitative estimate of drug-likeness (QED) is 0.409. The zero-order valence-electron chi connectivity index (χ0n) is 15.9. The minimum Gasteiger partial charge on any atom is -0.456 e. The van der Waals surface area contributed by atoms with Gasteiger partial charge in [0.05, 0.1) is 23.9 Å². The topological polar surface area (TPSA) is 122 Å². The molecule has 2 N–H and O–H groups in total. The third-order valence-corrected chi connectivity index (χ3v) is 4.88. The van der Waals surface area contributed by atoms with E-state index in [2.05, 4.69) is 5.32 Å². The molecule has 1 aliphatic heterocycles. The van der Waals surface area contributed by atoms with Gasteiger partial charge in [-0.15, -0.1) is 0 Å². The zero-order valence-corrected chi connectivity index (χ0v) is 15.9. The molecular formula is C20H20FN3O6. The second kappa shape index (κ2) is 9.29. The molecule has 2 atom stereocenters. The number of hydrogen-bond acceptors (Lipinski definition) is 6. The first-order valence-corrected chi connectivity index (χ1v) is 9.38. The summed E-state index contributed by atoms with van der Waals surface area (Å²) in [6.45, 7) is -0.862. The van der Waals surface area contributed by atoms with Gasteiger partial charge in [0.2, 0.25) is 11.8 Å². The van der Waals surface area contributed by atoms with Crippen molar-refractivity contribution in [2.45, 2.75) is 19.3 Å². The Bertz CT molecular complexity index is 890. The number of benzene rings is 1. The van der Waals surface area contributed by atoms with Gasteiger partial charge in [-0.05, 0) is 25.0 Å². The number of anilines is 1. The van der Waals surface area contributed by atoms with Crippen molar-refractivity contribution in [3.05, 3.63) is 42.2 Å². The number of esters is 1. The number of imide groups is 2. The SMILES string of the molecule is O=C(COC(=O)CCN1C(=O)[C@H]2CC=CC[C@H]2C1=O)NC(=O)Nc1ccccc1F. The maximum atomic E-state index is 13.5. The second-order valence-corrected chi connectivity index (χ2v) is 6.88. The van der Waals surface area contributed by atoms with Gasteiger partial charge in [0, 0.05) is 6.54 Å². The Morgan fingerprint density at radius 3 is 2.33 bits per heavy atom. The average molecular weight is 417 g/mol. The van der Waals surface area contributed by atoms with Gasteiger partial charge in [-0.1, -0.05) is 24.3 Å². The number of para-hydroxylation sites is 1. The Balaban J connectivity index is 1.39. The van der Waals surface area contributed by atoms with E-state index in [9.17, 15) is 28.4 Å². The fourth-order valence-electron chi connectivity index (χ4n) is 3.39. The van der Waals surface area contributed by atoms with Crippen molar-refractivity contribution < 1.29 is 33.1 Å². The predicted octanol–water partition coefficient (Wildman–Crippen LogP) is 1.36. The van der Waals surface area contributed by atoms with Crippen LogP contribution in [0.1, 0.15) is 19.3 Å². The fraction of sp³-hybridized carbons (Fsp3) is 0.350. The first kappa shape index (κ1) is 21.2. The number of carbonyl (C=O) groups is 5. The van der Waals surface area contributed by atoms with E-state index in [1.807, 2.05) is 17.5 Å². The molecule has 1 heterocycles. The molecule has 30 heavy (non-hydrogen) atoms. The Hall–Kier alpha value is -3.56. The molecule has 0 saturated carbocycles. The summed E-state index contributed by atoms with van der Waals surface area (Å²) in [6.07, 6.45) is 4.48. The Kier molecular flexibility index (Phi) is 6.55. The van der Waals surface area contributed by atoms with Gasteiger partial charge < -0.3 is 10.1 Å². The Morgan fingerprint density at radius 1 is 1.07 bits per heavy atom. The molecule has 9 nitrogen and oxygen atoms in total. The van der Waals surface area contributed by atoms with Crippen molar-refractivity contribution in [3.63, 3.8) is 0 Å². The molecule has 5 amide bonds. The molecule has 0 bridgehead atoms. The average Bonchev–Trinajstić information content (AvgIpc) is 2.97. The van der Waals surface area contributed by atoms with Crippen LogP contribution in [0.25, 0.3) is 0 Å². The number of likely N-dealkylation sites (tertiary alicyclic amines) is 1. The van der Waals surface area contributed by atoms with Crippen molar-refractivity contribution in [1.29, 1.82) is 0 Å². The molecule has 1 saturated heterocycles. The number of halogens is 1. The van der Waals surface area contributed by atoms with Crippen LogP contribution >= 0.6 is 0 Å². The van der Waals surface area contributed by atoms with Crippen LogP contribution in [0.5, 0.6) is 0 Å². The maximum Gasteiger partial charge on any atom is 0.326 e. The highest BCUT2D eigenvalue weighted by atomic mass is 19.1. The number of allylic oxidation sites excluding steroid dienone is 2. The zero-order chi connectivity index (χ0) is 21.7. The van der Waals surface area contributed by atoms with Crippen LogP contribution in [0.15, 0.2) is 36.4 Å². The van der Waals surface area contributed by atoms with E-state index in [4.69, 9.17) is 4.74 Å². The van der Waals surface area contributed by atoms with Gasteiger partial charge in [-0.2, -0.15) is 0 Å². The highest BCUT2D eigenvalue weighted by Crippen LogP contribution is 2.34. The number of nitrogens with one attached hydrogen (secondary N) is 2. The monoisotopic (exact) mass is 417 g/mol. The maximum absolute atomic E-state index is 13.5. The molecule has 2 aliphatic rings. The number of ether oxygens (including phenoxy) is 1. The standard InChI is InChI=1S/C20H20FN3O6/c21-14-7-3-4-8-15(14)22-20(29)23-16(25)11-30-17(26)9-10-24-18(27)12-5-1-2-6-13(12)19(24)28/h1-4,7-8,12-13H,5-6,9-11H2,(H2,22,23,25,29)/t12-,13+. The molecule has 10 heteroatoms. The molecular weight excluding hydrogens is 397 g/mol. The third-order valence-electron chi connectivity index (χ3n) is 4.88. The number of amides is 5. The van der Waals surface area contributed by atoms with E-state index >= 15 is 0 Å². The van der Waals surface area contributed by atoms with Crippen LogP contribution in [0.2, 0.25) is 0 Å². The molecule has 0 spiro atoms. The van der Waals surface area contributed by atoms with Gasteiger partial charge in [0.15, 0.2) is 6.61 Å². The van der Waals surface area contributed by atoms with Crippen molar-refractivity contribution in [1.82, 2.24) is 10.2 Å². The Morgan fingerprint density at radius 2 is 1.70 bits per heavy atom. The summed E-state index contributed by atoms with van der Waals surface area (Å²) in [7, 11) is 0. The van der Waals surface area contributed by atoms with Crippen LogP contribution in [0.3, 0.4) is 0 Å². The Labute approximate surface area is 171 Å². The van der Waals surface area contributed by atoms with Crippen LogP contribution < -0.4 is 10.6 Å². The fourth-order valence-corrected chi connectivity index (χ4v) is 3.39. The van der Waals surface area contributed by atoms with Gasteiger partial charge in [-0.3, -0.25) is 29.4 Å².